The third kappa shape index (κ3) is 5.31. The van der Waals surface area contributed by atoms with E-state index in [4.69, 9.17) is 5.73 Å². The van der Waals surface area contributed by atoms with E-state index in [-0.39, 0.29) is 17.5 Å². The minimum Gasteiger partial charge on any atom is -0.390 e. The van der Waals surface area contributed by atoms with Crippen molar-refractivity contribution in [3.05, 3.63) is 22.4 Å². The molecule has 3 rings (SSSR count). The monoisotopic (exact) mass is 393 g/mol. The van der Waals surface area contributed by atoms with Gasteiger partial charge in [0.05, 0.1) is 18.2 Å². The number of aliphatic hydroxyl groups is 1. The van der Waals surface area contributed by atoms with Gasteiger partial charge in [-0.3, -0.25) is 9.69 Å². The second kappa shape index (κ2) is 8.60. The lowest BCUT2D eigenvalue weighted by molar-refractivity contribution is -0.132. The number of amides is 1. The lowest BCUT2D eigenvalue weighted by Gasteiger charge is -2.46. The molecule has 1 aliphatic carbocycles. The highest BCUT2D eigenvalue weighted by molar-refractivity contribution is 7.10. The molecule has 1 aromatic heterocycles. The van der Waals surface area contributed by atoms with Crippen LogP contribution in [0, 0.1) is 11.8 Å². The van der Waals surface area contributed by atoms with E-state index >= 15 is 0 Å². The van der Waals surface area contributed by atoms with Crippen LogP contribution in [0.2, 0.25) is 0 Å². The molecule has 1 saturated heterocycles. The van der Waals surface area contributed by atoms with E-state index in [1.54, 1.807) is 11.3 Å². The number of nitrogens with two attached hydrogens (primary N) is 1. The lowest BCUT2D eigenvalue weighted by atomic mass is 9.72. The largest absolute Gasteiger partial charge is 0.390 e. The molecule has 5 atom stereocenters. The van der Waals surface area contributed by atoms with Gasteiger partial charge in [-0.05, 0) is 56.9 Å². The summed E-state index contributed by atoms with van der Waals surface area (Å²) in [6, 6.07) is 3.35. The molecular weight excluding hydrogens is 358 g/mol. The van der Waals surface area contributed by atoms with E-state index in [0.717, 1.165) is 17.8 Å². The van der Waals surface area contributed by atoms with Gasteiger partial charge >= 0.3 is 0 Å². The smallest absolute Gasteiger partial charge is 0.237 e. The zero-order chi connectivity index (χ0) is 19.6. The third-order valence-corrected chi connectivity index (χ3v) is 6.98. The first-order valence-electron chi connectivity index (χ1n) is 10.3. The molecule has 27 heavy (non-hydrogen) atoms. The summed E-state index contributed by atoms with van der Waals surface area (Å²) in [7, 11) is 0. The molecule has 1 aliphatic heterocycles. The van der Waals surface area contributed by atoms with E-state index in [9.17, 15) is 9.90 Å². The van der Waals surface area contributed by atoms with E-state index < -0.39 is 12.1 Å². The highest BCUT2D eigenvalue weighted by Gasteiger charge is 2.41. The molecule has 5 nitrogen and oxygen atoms in total. The fraction of sp³-hybridized carbons (Fsp3) is 0.762. The van der Waals surface area contributed by atoms with Gasteiger partial charge in [-0.15, -0.1) is 11.3 Å². The van der Waals surface area contributed by atoms with Crippen LogP contribution in [0.25, 0.3) is 0 Å². The Morgan fingerprint density at radius 2 is 2.07 bits per heavy atom. The van der Waals surface area contributed by atoms with Crippen LogP contribution in [0.1, 0.15) is 63.8 Å². The third-order valence-electron chi connectivity index (χ3n) is 6.01. The van der Waals surface area contributed by atoms with Crippen LogP contribution in [-0.4, -0.2) is 46.7 Å². The Hall–Kier alpha value is -0.950. The fourth-order valence-corrected chi connectivity index (χ4v) is 5.44. The summed E-state index contributed by atoms with van der Waals surface area (Å²) in [5.74, 6) is 1.36. The van der Waals surface area contributed by atoms with Gasteiger partial charge < -0.3 is 16.2 Å². The van der Waals surface area contributed by atoms with Gasteiger partial charge in [-0.2, -0.15) is 0 Å². The molecule has 6 heteroatoms. The fourth-order valence-electron chi connectivity index (χ4n) is 4.65. The summed E-state index contributed by atoms with van der Waals surface area (Å²) in [6.45, 7) is 7.39. The Bertz CT molecular complexity index is 613. The first-order chi connectivity index (χ1) is 12.7. The number of piperidine rings is 1. The summed E-state index contributed by atoms with van der Waals surface area (Å²) in [4.78, 5) is 16.2. The van der Waals surface area contributed by atoms with Gasteiger partial charge in [0.1, 0.15) is 0 Å². The Morgan fingerprint density at radius 3 is 2.70 bits per heavy atom. The van der Waals surface area contributed by atoms with Crippen molar-refractivity contribution in [1.29, 1.82) is 0 Å². The van der Waals surface area contributed by atoms with Gasteiger partial charge in [0.25, 0.3) is 0 Å². The number of carbonyl (C=O) groups excluding carboxylic acids is 1. The van der Waals surface area contributed by atoms with Crippen molar-refractivity contribution in [2.45, 2.75) is 76.6 Å². The minimum atomic E-state index is -0.672. The second-order valence-electron chi connectivity index (χ2n) is 9.36. The topological polar surface area (TPSA) is 78.6 Å². The number of carbonyl (C=O) groups is 1. The molecule has 0 bridgehead atoms. The van der Waals surface area contributed by atoms with Crippen molar-refractivity contribution in [1.82, 2.24) is 10.2 Å². The van der Waals surface area contributed by atoms with Crippen LogP contribution >= 0.6 is 11.3 Å². The number of nitrogens with zero attached hydrogens (tertiary/aromatic N) is 1. The zero-order valence-corrected chi connectivity index (χ0v) is 17.7. The second-order valence-corrected chi connectivity index (χ2v) is 10.3. The van der Waals surface area contributed by atoms with Crippen molar-refractivity contribution < 1.29 is 9.90 Å². The Balaban J connectivity index is 1.72. The number of aliphatic hydroxyl groups excluding tert-OH is 1. The van der Waals surface area contributed by atoms with Crippen molar-refractivity contribution in [3.8, 4) is 0 Å². The molecule has 1 amide bonds. The predicted molar refractivity (Wildman–Crippen MR) is 111 cm³/mol. The van der Waals surface area contributed by atoms with E-state index in [0.29, 0.717) is 18.4 Å². The maximum absolute atomic E-state index is 13.0. The molecule has 0 radical (unpaired) electrons. The predicted octanol–water partition coefficient (Wildman–Crippen LogP) is 2.90. The standard InChI is InChI=1S/C21H35N3O2S/c1-21(2,3)23-20(26)16-11-14-7-4-5-8-15(14)12-24(16)13-17(25)19(22)18-9-6-10-27-18/h6,9-10,14-17,19,25H,4-5,7-8,11-13,22H2,1-3H3,(H,23,26)/t14-,15+,16-,17+,19+/m0/s1. The molecule has 2 heterocycles. The van der Waals surface area contributed by atoms with Crippen LogP contribution in [-0.2, 0) is 4.79 Å². The van der Waals surface area contributed by atoms with Crippen LogP contribution in [0.5, 0.6) is 0 Å². The van der Waals surface area contributed by atoms with Crippen LogP contribution in [0.15, 0.2) is 17.5 Å². The molecule has 0 spiro atoms. The number of β-amino-alcohol motifs (C(OH)–C–C–N with tert-alkyl or cyclic N) is 1. The van der Waals surface area contributed by atoms with Crippen LogP contribution in [0.4, 0.5) is 0 Å². The van der Waals surface area contributed by atoms with Crippen molar-refractivity contribution in [2.24, 2.45) is 17.6 Å². The molecule has 1 saturated carbocycles. The summed E-state index contributed by atoms with van der Waals surface area (Å²) < 4.78 is 0. The average molecular weight is 394 g/mol. The molecule has 2 aliphatic rings. The Morgan fingerprint density at radius 1 is 1.37 bits per heavy atom. The number of likely N-dealkylation sites (tertiary alicyclic amines) is 1. The number of hydrogen-bond donors (Lipinski definition) is 3. The SMILES string of the molecule is CC(C)(C)NC(=O)[C@@H]1C[C@@H]2CCCC[C@@H]2CN1C[C@@H](O)[C@@H](N)c1cccs1. The summed E-state index contributed by atoms with van der Waals surface area (Å²) in [5.41, 5.74) is 6.04. The average Bonchev–Trinajstić information content (AvgIpc) is 3.13. The number of nitrogens with one attached hydrogen (secondary N) is 1. The van der Waals surface area contributed by atoms with Gasteiger partial charge in [-0.1, -0.05) is 25.3 Å². The molecule has 0 unspecified atom stereocenters. The zero-order valence-electron chi connectivity index (χ0n) is 16.9. The molecular formula is C21H35N3O2S. The first kappa shape index (κ1) is 20.8. The Kier molecular flexibility index (Phi) is 6.62. The van der Waals surface area contributed by atoms with Crippen molar-refractivity contribution in [3.63, 3.8) is 0 Å². The number of hydrogen-bond acceptors (Lipinski definition) is 5. The van der Waals surface area contributed by atoms with Gasteiger partial charge in [0.2, 0.25) is 5.91 Å². The molecule has 152 valence electrons. The maximum Gasteiger partial charge on any atom is 0.237 e. The van der Waals surface area contributed by atoms with Gasteiger partial charge in [0, 0.05) is 23.5 Å². The minimum absolute atomic E-state index is 0.0865. The van der Waals surface area contributed by atoms with Gasteiger partial charge in [-0.25, -0.2) is 0 Å². The first-order valence-corrected chi connectivity index (χ1v) is 11.2. The van der Waals surface area contributed by atoms with Crippen molar-refractivity contribution in [2.75, 3.05) is 13.1 Å². The van der Waals surface area contributed by atoms with E-state index in [1.807, 2.05) is 38.3 Å². The van der Waals surface area contributed by atoms with E-state index in [2.05, 4.69) is 10.2 Å². The quantitative estimate of drug-likeness (QED) is 0.719. The number of rotatable bonds is 5. The highest BCUT2D eigenvalue weighted by Crippen LogP contribution is 2.39. The summed E-state index contributed by atoms with van der Waals surface area (Å²) >= 11 is 1.57. The summed E-state index contributed by atoms with van der Waals surface area (Å²) in [6.07, 6.45) is 5.25. The molecule has 1 aromatic rings. The van der Waals surface area contributed by atoms with Gasteiger partial charge in [0.15, 0.2) is 0 Å². The molecule has 4 N–H and O–H groups in total. The summed E-state index contributed by atoms with van der Waals surface area (Å²) in [5, 5.41) is 15.9. The highest BCUT2D eigenvalue weighted by atomic mass is 32.1. The van der Waals surface area contributed by atoms with Crippen LogP contribution in [0.3, 0.4) is 0 Å². The Labute approximate surface area is 167 Å². The molecule has 0 aromatic carbocycles. The number of thiophene rings is 1. The lowest BCUT2D eigenvalue weighted by Crippen LogP contribution is -2.59. The maximum atomic E-state index is 13.0. The normalized spacial score (nSPS) is 29.0. The number of fused-ring (bicyclic) bond motifs is 1. The van der Waals surface area contributed by atoms with Crippen molar-refractivity contribution >= 4 is 17.2 Å². The van der Waals surface area contributed by atoms with E-state index in [1.165, 1.54) is 25.7 Å². The van der Waals surface area contributed by atoms with Crippen LogP contribution < -0.4 is 11.1 Å². The molecule has 2 fully saturated rings.